The highest BCUT2D eigenvalue weighted by Crippen LogP contribution is 2.22. The summed E-state index contributed by atoms with van der Waals surface area (Å²) in [4.78, 5) is 16.8. The summed E-state index contributed by atoms with van der Waals surface area (Å²) < 4.78 is 23.7. The highest BCUT2D eigenvalue weighted by Gasteiger charge is 2.17. The smallest absolute Gasteiger partial charge is 0.246 e. The van der Waals surface area contributed by atoms with E-state index in [-0.39, 0.29) is 24.9 Å². The van der Waals surface area contributed by atoms with Crippen molar-refractivity contribution in [1.29, 1.82) is 0 Å². The Morgan fingerprint density at radius 1 is 1.12 bits per heavy atom. The summed E-state index contributed by atoms with van der Waals surface area (Å²) in [5.74, 6) is 0.0544. The molecule has 0 saturated carbocycles. The van der Waals surface area contributed by atoms with Gasteiger partial charge in [-0.3, -0.25) is 9.69 Å². The van der Waals surface area contributed by atoms with E-state index in [1.54, 1.807) is 18.2 Å². The van der Waals surface area contributed by atoms with Crippen LogP contribution in [0, 0.1) is 5.82 Å². The molecule has 0 radical (unpaired) electrons. The van der Waals surface area contributed by atoms with Gasteiger partial charge in [0, 0.05) is 55.1 Å². The molecule has 0 bridgehead atoms. The number of anilines is 1. The highest BCUT2D eigenvalue weighted by molar-refractivity contribution is 6.30. The monoisotopic (exact) mass is 486 g/mol. The maximum Gasteiger partial charge on any atom is 0.246 e. The third-order valence-corrected chi connectivity index (χ3v) is 5.92. The first-order chi connectivity index (χ1) is 16.6. The van der Waals surface area contributed by atoms with Crippen molar-refractivity contribution in [2.75, 3.05) is 50.8 Å². The summed E-state index contributed by atoms with van der Waals surface area (Å²) in [6.07, 6.45) is 0.882. The second kappa shape index (κ2) is 12.0. The Morgan fingerprint density at radius 3 is 2.68 bits per heavy atom. The van der Waals surface area contributed by atoms with Crippen LogP contribution in [0.2, 0.25) is 5.02 Å². The van der Waals surface area contributed by atoms with Gasteiger partial charge in [0.2, 0.25) is 5.91 Å². The molecule has 3 aromatic rings. The largest absolute Gasteiger partial charge is 0.369 e. The number of carbonyl (C=O) groups excluding carboxylic acids is 1. The molecular formula is C25H28ClFN4O3. The molecule has 1 aliphatic rings. The third-order valence-electron chi connectivity index (χ3n) is 5.69. The van der Waals surface area contributed by atoms with E-state index in [0.717, 1.165) is 55.4 Å². The van der Waals surface area contributed by atoms with E-state index in [1.165, 1.54) is 12.1 Å². The molecule has 4 rings (SSSR count). The summed E-state index contributed by atoms with van der Waals surface area (Å²) >= 11 is 6.10. The third kappa shape index (κ3) is 7.03. The van der Waals surface area contributed by atoms with Crippen LogP contribution in [0.1, 0.15) is 12.1 Å². The number of nitrogens with one attached hydrogen (secondary N) is 1. The van der Waals surface area contributed by atoms with E-state index in [0.29, 0.717) is 18.0 Å². The second-order valence-corrected chi connectivity index (χ2v) is 8.63. The minimum atomic E-state index is -0.311. The van der Waals surface area contributed by atoms with Crippen LogP contribution < -0.4 is 10.2 Å². The van der Waals surface area contributed by atoms with E-state index >= 15 is 0 Å². The average Bonchev–Trinajstić information content (AvgIpc) is 3.31. The van der Waals surface area contributed by atoms with Crippen LogP contribution in [0.3, 0.4) is 0 Å². The quantitative estimate of drug-likeness (QED) is 0.437. The number of carbonyl (C=O) groups is 1. The molecule has 7 nitrogen and oxygen atoms in total. The average molecular weight is 487 g/mol. The zero-order valence-electron chi connectivity index (χ0n) is 18.9. The molecule has 1 amide bonds. The van der Waals surface area contributed by atoms with E-state index in [1.807, 2.05) is 18.2 Å². The van der Waals surface area contributed by atoms with Crippen LogP contribution >= 0.6 is 11.6 Å². The molecule has 1 aliphatic heterocycles. The van der Waals surface area contributed by atoms with Gasteiger partial charge in [0.15, 0.2) is 5.76 Å². The Hall–Kier alpha value is -2.94. The van der Waals surface area contributed by atoms with Crippen LogP contribution in [0.5, 0.6) is 0 Å². The summed E-state index contributed by atoms with van der Waals surface area (Å²) in [7, 11) is 0. The van der Waals surface area contributed by atoms with Gasteiger partial charge in [-0.1, -0.05) is 22.8 Å². The van der Waals surface area contributed by atoms with Crippen molar-refractivity contribution in [2.24, 2.45) is 0 Å². The number of ether oxygens (including phenoxy) is 1. The number of halogens is 2. The van der Waals surface area contributed by atoms with Gasteiger partial charge in [-0.2, -0.15) is 0 Å². The predicted molar refractivity (Wildman–Crippen MR) is 129 cm³/mol. The lowest BCUT2D eigenvalue weighted by atomic mass is 10.1. The van der Waals surface area contributed by atoms with Gasteiger partial charge in [-0.15, -0.1) is 0 Å². The number of benzene rings is 2. The Labute approximate surface area is 203 Å². The number of nitrogens with zero attached hydrogens (tertiary/aromatic N) is 3. The fourth-order valence-corrected chi connectivity index (χ4v) is 4.05. The molecule has 0 atom stereocenters. The molecule has 9 heteroatoms. The van der Waals surface area contributed by atoms with Crippen molar-refractivity contribution in [3.8, 4) is 11.3 Å². The molecule has 1 saturated heterocycles. The molecule has 1 N–H and O–H groups in total. The van der Waals surface area contributed by atoms with Gasteiger partial charge < -0.3 is 19.5 Å². The maximum absolute atomic E-state index is 13.0. The molecular weight excluding hydrogens is 459 g/mol. The van der Waals surface area contributed by atoms with Gasteiger partial charge in [-0.25, -0.2) is 4.39 Å². The van der Waals surface area contributed by atoms with Crippen molar-refractivity contribution < 1.29 is 18.4 Å². The number of rotatable bonds is 10. The van der Waals surface area contributed by atoms with Crippen molar-refractivity contribution in [3.05, 3.63) is 71.1 Å². The van der Waals surface area contributed by atoms with Crippen molar-refractivity contribution in [3.63, 3.8) is 0 Å². The summed E-state index contributed by atoms with van der Waals surface area (Å²) in [6.45, 7) is 5.57. The number of piperazine rings is 1. The molecule has 0 unspecified atom stereocenters. The molecule has 180 valence electrons. The summed E-state index contributed by atoms with van der Waals surface area (Å²) in [6, 6.07) is 15.6. The SMILES string of the molecule is O=C(COCc1cc(-c2ccc(F)cc2)on1)NCCCN1CCN(c2cccc(Cl)c2)CC1. The van der Waals surface area contributed by atoms with Crippen molar-refractivity contribution in [1.82, 2.24) is 15.4 Å². The minimum absolute atomic E-state index is 0.0446. The van der Waals surface area contributed by atoms with Gasteiger partial charge in [0.25, 0.3) is 0 Å². The fourth-order valence-electron chi connectivity index (χ4n) is 3.86. The molecule has 0 aliphatic carbocycles. The van der Waals surface area contributed by atoms with Crippen LogP contribution in [-0.2, 0) is 16.1 Å². The molecule has 0 spiro atoms. The first-order valence-corrected chi connectivity index (χ1v) is 11.7. The van der Waals surface area contributed by atoms with Gasteiger partial charge in [-0.05, 0) is 55.4 Å². The lowest BCUT2D eigenvalue weighted by Gasteiger charge is -2.36. The van der Waals surface area contributed by atoms with Crippen LogP contribution in [0.25, 0.3) is 11.3 Å². The molecule has 1 aromatic heterocycles. The molecule has 2 aromatic carbocycles. The summed E-state index contributed by atoms with van der Waals surface area (Å²) in [5.41, 5.74) is 2.46. The van der Waals surface area contributed by atoms with Gasteiger partial charge in [0.1, 0.15) is 18.1 Å². The first kappa shape index (κ1) is 24.2. The summed E-state index contributed by atoms with van der Waals surface area (Å²) in [5, 5.41) is 7.58. The van der Waals surface area contributed by atoms with E-state index in [4.69, 9.17) is 20.9 Å². The minimum Gasteiger partial charge on any atom is -0.369 e. The zero-order chi connectivity index (χ0) is 23.8. The van der Waals surface area contributed by atoms with E-state index in [2.05, 4.69) is 26.3 Å². The molecule has 2 heterocycles. The second-order valence-electron chi connectivity index (χ2n) is 8.19. The van der Waals surface area contributed by atoms with Crippen LogP contribution in [-0.4, -0.2) is 61.8 Å². The number of hydrogen-bond donors (Lipinski definition) is 1. The van der Waals surface area contributed by atoms with Crippen molar-refractivity contribution in [2.45, 2.75) is 13.0 Å². The van der Waals surface area contributed by atoms with Crippen LogP contribution in [0.4, 0.5) is 10.1 Å². The topological polar surface area (TPSA) is 70.8 Å². The molecule has 1 fully saturated rings. The standard InChI is InChI=1S/C25H28ClFN4O3/c26-20-3-1-4-23(15-20)31-13-11-30(12-14-31)10-2-9-28-25(32)18-33-17-22-16-24(34-29-22)19-5-7-21(27)8-6-19/h1,3-8,15-16H,2,9-14,17-18H2,(H,28,32). The lowest BCUT2D eigenvalue weighted by molar-refractivity contribution is -0.126. The predicted octanol–water partition coefficient (Wildman–Crippen LogP) is 3.98. The molecule has 34 heavy (non-hydrogen) atoms. The Kier molecular flexibility index (Phi) is 8.51. The highest BCUT2D eigenvalue weighted by atomic mass is 35.5. The number of amides is 1. The maximum atomic E-state index is 13.0. The normalized spacial score (nSPS) is 14.4. The fraction of sp³-hybridized carbons (Fsp3) is 0.360. The Bertz CT molecular complexity index is 1070. The Morgan fingerprint density at radius 2 is 1.91 bits per heavy atom. The van der Waals surface area contributed by atoms with Crippen LogP contribution in [0.15, 0.2) is 59.1 Å². The number of aromatic nitrogens is 1. The van der Waals surface area contributed by atoms with E-state index < -0.39 is 0 Å². The van der Waals surface area contributed by atoms with Crippen molar-refractivity contribution >= 4 is 23.2 Å². The zero-order valence-corrected chi connectivity index (χ0v) is 19.6. The van der Waals surface area contributed by atoms with Gasteiger partial charge in [0.05, 0.1) is 6.61 Å². The van der Waals surface area contributed by atoms with E-state index in [9.17, 15) is 9.18 Å². The lowest BCUT2D eigenvalue weighted by Crippen LogP contribution is -2.47. The number of hydrogen-bond acceptors (Lipinski definition) is 6. The van der Waals surface area contributed by atoms with Gasteiger partial charge >= 0.3 is 0 Å². The first-order valence-electron chi connectivity index (χ1n) is 11.4. The Balaban J connectivity index is 1.07.